The summed E-state index contributed by atoms with van der Waals surface area (Å²) in [5, 5.41) is 10.4. The standard InChI is InChI=1S/C18H27NO/c20-18(10-13-19-11-3-1-2-4-12-19)17-9-8-15-6-5-7-16(15)14-17/h8-9,14,18,20H,1-7,10-13H2. The van der Waals surface area contributed by atoms with Crippen LogP contribution in [0.1, 0.15) is 61.3 Å². The molecule has 1 fully saturated rings. The Morgan fingerprint density at radius 3 is 2.50 bits per heavy atom. The number of aliphatic hydroxyl groups is 1. The van der Waals surface area contributed by atoms with E-state index in [1.807, 2.05) is 0 Å². The molecule has 0 bridgehead atoms. The highest BCUT2D eigenvalue weighted by atomic mass is 16.3. The Hall–Kier alpha value is -0.860. The van der Waals surface area contributed by atoms with Crippen molar-refractivity contribution in [2.24, 2.45) is 0 Å². The minimum absolute atomic E-state index is 0.288. The summed E-state index contributed by atoms with van der Waals surface area (Å²) in [4.78, 5) is 2.53. The first kappa shape index (κ1) is 14.1. The van der Waals surface area contributed by atoms with Crippen LogP contribution in [-0.4, -0.2) is 29.6 Å². The third-order valence-corrected chi connectivity index (χ3v) is 4.92. The molecule has 1 unspecified atom stereocenters. The number of nitrogens with zero attached hydrogens (tertiary/aromatic N) is 1. The Morgan fingerprint density at radius 2 is 1.70 bits per heavy atom. The van der Waals surface area contributed by atoms with E-state index in [1.165, 1.54) is 69.2 Å². The van der Waals surface area contributed by atoms with Crippen molar-refractivity contribution in [3.8, 4) is 0 Å². The van der Waals surface area contributed by atoms with Gasteiger partial charge >= 0.3 is 0 Å². The van der Waals surface area contributed by atoms with E-state index < -0.39 is 0 Å². The van der Waals surface area contributed by atoms with Gasteiger partial charge in [-0.3, -0.25) is 0 Å². The van der Waals surface area contributed by atoms with Crippen LogP contribution in [-0.2, 0) is 12.8 Å². The van der Waals surface area contributed by atoms with Gasteiger partial charge in [0.05, 0.1) is 6.10 Å². The highest BCUT2D eigenvalue weighted by Crippen LogP contribution is 2.26. The minimum atomic E-state index is -0.288. The smallest absolute Gasteiger partial charge is 0.0802 e. The van der Waals surface area contributed by atoms with Gasteiger partial charge in [0.15, 0.2) is 0 Å². The average molecular weight is 273 g/mol. The second-order valence-electron chi connectivity index (χ2n) is 6.44. The molecule has 0 saturated carbocycles. The second-order valence-corrected chi connectivity index (χ2v) is 6.44. The Bertz CT molecular complexity index is 435. The van der Waals surface area contributed by atoms with Crippen LogP contribution in [0.4, 0.5) is 0 Å². The Labute approximate surface area is 122 Å². The lowest BCUT2D eigenvalue weighted by atomic mass is 10.0. The van der Waals surface area contributed by atoms with Gasteiger partial charge in [-0.15, -0.1) is 0 Å². The number of rotatable bonds is 4. The summed E-state index contributed by atoms with van der Waals surface area (Å²) in [6.45, 7) is 3.48. The van der Waals surface area contributed by atoms with Gasteiger partial charge in [-0.1, -0.05) is 31.0 Å². The van der Waals surface area contributed by atoms with Gasteiger partial charge in [-0.05, 0) is 68.3 Å². The zero-order chi connectivity index (χ0) is 13.8. The molecule has 2 aliphatic rings. The first-order valence-electron chi connectivity index (χ1n) is 8.35. The molecule has 1 atom stereocenters. The molecule has 0 radical (unpaired) electrons. The van der Waals surface area contributed by atoms with Crippen molar-refractivity contribution in [3.05, 3.63) is 34.9 Å². The van der Waals surface area contributed by atoms with Gasteiger partial charge < -0.3 is 10.0 Å². The maximum absolute atomic E-state index is 10.4. The molecule has 1 aliphatic carbocycles. The van der Waals surface area contributed by atoms with E-state index in [0.717, 1.165) is 18.5 Å². The molecule has 0 amide bonds. The van der Waals surface area contributed by atoms with Crippen LogP contribution < -0.4 is 0 Å². The van der Waals surface area contributed by atoms with E-state index in [1.54, 1.807) is 0 Å². The number of hydrogen-bond acceptors (Lipinski definition) is 2. The molecule has 1 aromatic rings. The van der Waals surface area contributed by atoms with Crippen LogP contribution >= 0.6 is 0 Å². The summed E-state index contributed by atoms with van der Waals surface area (Å²) in [7, 11) is 0. The SMILES string of the molecule is OC(CCN1CCCCCC1)c1ccc2c(c1)CCC2. The van der Waals surface area contributed by atoms with Gasteiger partial charge in [0.1, 0.15) is 0 Å². The lowest BCUT2D eigenvalue weighted by Crippen LogP contribution is -2.26. The molecule has 3 rings (SSSR count). The molecule has 2 heteroatoms. The molecular formula is C18H27NO. The summed E-state index contributed by atoms with van der Waals surface area (Å²) in [6.07, 6.45) is 9.70. The van der Waals surface area contributed by atoms with Crippen molar-refractivity contribution in [2.75, 3.05) is 19.6 Å². The quantitative estimate of drug-likeness (QED) is 0.908. The van der Waals surface area contributed by atoms with Gasteiger partial charge in [0.2, 0.25) is 0 Å². The number of aliphatic hydroxyl groups excluding tert-OH is 1. The Morgan fingerprint density at radius 1 is 0.950 bits per heavy atom. The molecule has 1 aromatic carbocycles. The maximum Gasteiger partial charge on any atom is 0.0802 e. The molecule has 1 heterocycles. The zero-order valence-corrected chi connectivity index (χ0v) is 12.5. The van der Waals surface area contributed by atoms with Crippen molar-refractivity contribution in [2.45, 2.75) is 57.5 Å². The maximum atomic E-state index is 10.4. The van der Waals surface area contributed by atoms with E-state index >= 15 is 0 Å². The van der Waals surface area contributed by atoms with E-state index in [9.17, 15) is 5.11 Å². The number of likely N-dealkylation sites (tertiary alicyclic amines) is 1. The van der Waals surface area contributed by atoms with Crippen LogP contribution in [0.2, 0.25) is 0 Å². The monoisotopic (exact) mass is 273 g/mol. The summed E-state index contributed by atoms with van der Waals surface area (Å²) in [5.74, 6) is 0. The highest BCUT2D eigenvalue weighted by molar-refractivity contribution is 5.36. The fraction of sp³-hybridized carbons (Fsp3) is 0.667. The largest absolute Gasteiger partial charge is 0.388 e. The average Bonchev–Trinajstić information content (AvgIpc) is 2.78. The summed E-state index contributed by atoms with van der Waals surface area (Å²) >= 11 is 0. The van der Waals surface area contributed by atoms with E-state index in [4.69, 9.17) is 0 Å². The molecule has 110 valence electrons. The molecule has 1 N–H and O–H groups in total. The molecule has 2 nitrogen and oxygen atoms in total. The third kappa shape index (κ3) is 3.42. The van der Waals surface area contributed by atoms with Crippen LogP contribution in [0.3, 0.4) is 0 Å². The highest BCUT2D eigenvalue weighted by Gasteiger charge is 2.16. The fourth-order valence-corrected chi connectivity index (χ4v) is 3.63. The van der Waals surface area contributed by atoms with Crippen molar-refractivity contribution in [1.82, 2.24) is 4.90 Å². The van der Waals surface area contributed by atoms with Crippen LogP contribution in [0.5, 0.6) is 0 Å². The predicted molar refractivity (Wildman–Crippen MR) is 83.0 cm³/mol. The third-order valence-electron chi connectivity index (χ3n) is 4.92. The first-order valence-corrected chi connectivity index (χ1v) is 8.35. The summed E-state index contributed by atoms with van der Waals surface area (Å²) in [5.41, 5.74) is 4.09. The van der Waals surface area contributed by atoms with Gasteiger partial charge in [0, 0.05) is 6.54 Å². The topological polar surface area (TPSA) is 23.5 Å². The van der Waals surface area contributed by atoms with Crippen molar-refractivity contribution in [3.63, 3.8) is 0 Å². The van der Waals surface area contributed by atoms with Gasteiger partial charge in [-0.2, -0.15) is 0 Å². The molecule has 0 spiro atoms. The zero-order valence-electron chi connectivity index (χ0n) is 12.5. The first-order chi connectivity index (χ1) is 9.83. The lowest BCUT2D eigenvalue weighted by molar-refractivity contribution is 0.143. The molecule has 20 heavy (non-hydrogen) atoms. The van der Waals surface area contributed by atoms with Crippen molar-refractivity contribution in [1.29, 1.82) is 0 Å². The van der Waals surface area contributed by atoms with E-state index in [-0.39, 0.29) is 6.10 Å². The fourth-order valence-electron chi connectivity index (χ4n) is 3.63. The molecular weight excluding hydrogens is 246 g/mol. The van der Waals surface area contributed by atoms with Gasteiger partial charge in [-0.25, -0.2) is 0 Å². The Balaban J connectivity index is 1.54. The number of hydrogen-bond donors (Lipinski definition) is 1. The van der Waals surface area contributed by atoms with Crippen molar-refractivity contribution >= 4 is 0 Å². The number of fused-ring (bicyclic) bond motifs is 1. The number of benzene rings is 1. The molecule has 0 aromatic heterocycles. The Kier molecular flexibility index (Phi) is 4.74. The normalized spacial score (nSPS) is 21.4. The summed E-state index contributed by atoms with van der Waals surface area (Å²) < 4.78 is 0. The minimum Gasteiger partial charge on any atom is -0.388 e. The lowest BCUT2D eigenvalue weighted by Gasteiger charge is -2.21. The van der Waals surface area contributed by atoms with Crippen LogP contribution in [0.25, 0.3) is 0 Å². The van der Waals surface area contributed by atoms with Crippen LogP contribution in [0.15, 0.2) is 18.2 Å². The summed E-state index contributed by atoms with van der Waals surface area (Å²) in [6, 6.07) is 6.61. The van der Waals surface area contributed by atoms with E-state index in [2.05, 4.69) is 23.1 Å². The second kappa shape index (κ2) is 6.73. The molecule has 1 saturated heterocycles. The van der Waals surface area contributed by atoms with Crippen LogP contribution in [0, 0.1) is 0 Å². The predicted octanol–water partition coefficient (Wildman–Crippen LogP) is 3.47. The molecule has 1 aliphatic heterocycles. The van der Waals surface area contributed by atoms with Gasteiger partial charge in [0.25, 0.3) is 0 Å². The number of aryl methyl sites for hydroxylation is 2. The van der Waals surface area contributed by atoms with E-state index in [0.29, 0.717) is 0 Å². The van der Waals surface area contributed by atoms with Crippen molar-refractivity contribution < 1.29 is 5.11 Å².